The molecule has 3 rings (SSSR count). The second kappa shape index (κ2) is 5.79. The number of nitrogens with two attached hydrogens (primary N) is 1. The summed E-state index contributed by atoms with van der Waals surface area (Å²) in [5.41, 5.74) is 9.93. The first kappa shape index (κ1) is 13.4. The maximum absolute atomic E-state index is 6.14. The Hall–Kier alpha value is -2.62. The average Bonchev–Trinajstić information content (AvgIpc) is 2.53. The van der Waals surface area contributed by atoms with E-state index < -0.39 is 0 Å². The third-order valence-electron chi connectivity index (χ3n) is 3.59. The van der Waals surface area contributed by atoms with E-state index in [1.54, 1.807) is 6.20 Å². The number of hydrogen-bond acceptors (Lipinski definition) is 4. The monoisotopic (exact) mass is 278 g/mol. The normalized spacial score (nSPS) is 10.7. The Morgan fingerprint density at radius 3 is 2.67 bits per heavy atom. The zero-order chi connectivity index (χ0) is 14.7. The number of aromatic nitrogens is 2. The molecule has 0 aliphatic carbocycles. The van der Waals surface area contributed by atoms with Crippen LogP contribution >= 0.6 is 0 Å². The molecule has 4 heteroatoms. The lowest BCUT2D eigenvalue weighted by Gasteiger charge is -2.22. The minimum atomic E-state index is 0.706. The Morgan fingerprint density at radius 1 is 1.05 bits per heavy atom. The van der Waals surface area contributed by atoms with Crippen molar-refractivity contribution in [3.05, 3.63) is 60.6 Å². The van der Waals surface area contributed by atoms with Crippen LogP contribution in [0.1, 0.15) is 5.69 Å². The van der Waals surface area contributed by atoms with Crippen LogP contribution in [0.3, 0.4) is 0 Å². The Balaban J connectivity index is 1.87. The fraction of sp³-hybridized carbons (Fsp3) is 0.176. The van der Waals surface area contributed by atoms with Crippen LogP contribution in [0, 0.1) is 0 Å². The van der Waals surface area contributed by atoms with Crippen LogP contribution in [0.15, 0.2) is 54.9 Å². The Kier molecular flexibility index (Phi) is 3.69. The van der Waals surface area contributed by atoms with Crippen molar-refractivity contribution < 1.29 is 0 Å². The van der Waals surface area contributed by atoms with Gasteiger partial charge in [-0.3, -0.25) is 9.97 Å². The fourth-order valence-electron chi connectivity index (χ4n) is 2.51. The lowest BCUT2D eigenvalue weighted by atomic mass is 10.1. The lowest BCUT2D eigenvalue weighted by molar-refractivity contribution is 0.856. The molecule has 2 aromatic heterocycles. The molecule has 0 radical (unpaired) electrons. The average molecular weight is 278 g/mol. The number of rotatable bonds is 4. The van der Waals surface area contributed by atoms with E-state index in [2.05, 4.69) is 28.0 Å². The highest BCUT2D eigenvalue weighted by atomic mass is 15.1. The summed E-state index contributed by atoms with van der Waals surface area (Å²) in [5, 5.41) is 1.08. The van der Waals surface area contributed by atoms with Crippen molar-refractivity contribution in [3.8, 4) is 0 Å². The number of para-hydroxylation sites is 1. The van der Waals surface area contributed by atoms with Crippen molar-refractivity contribution in [1.82, 2.24) is 9.97 Å². The highest BCUT2D eigenvalue weighted by Gasteiger charge is 2.11. The molecule has 0 saturated carbocycles. The van der Waals surface area contributed by atoms with Gasteiger partial charge in [0.2, 0.25) is 0 Å². The number of hydrogen-bond donors (Lipinski definition) is 1. The summed E-state index contributed by atoms with van der Waals surface area (Å²) < 4.78 is 0. The molecule has 0 amide bonds. The highest BCUT2D eigenvalue weighted by molar-refractivity contribution is 5.97. The van der Waals surface area contributed by atoms with Crippen molar-refractivity contribution in [2.75, 3.05) is 24.2 Å². The molecule has 0 saturated heterocycles. The van der Waals surface area contributed by atoms with Gasteiger partial charge in [-0.05, 0) is 18.2 Å². The largest absolute Gasteiger partial charge is 0.396 e. The maximum atomic E-state index is 6.14. The third kappa shape index (κ3) is 2.79. The van der Waals surface area contributed by atoms with E-state index in [1.807, 2.05) is 42.6 Å². The van der Waals surface area contributed by atoms with Crippen LogP contribution in [0.4, 0.5) is 11.4 Å². The number of benzene rings is 1. The van der Waals surface area contributed by atoms with E-state index in [1.165, 1.54) is 0 Å². The number of nitrogen functional groups attached to an aromatic ring is 1. The first-order valence-corrected chi connectivity index (χ1v) is 7.00. The minimum Gasteiger partial charge on any atom is -0.396 e. The van der Waals surface area contributed by atoms with Gasteiger partial charge in [0.15, 0.2) is 0 Å². The number of likely N-dealkylation sites (N-methyl/N-ethyl adjacent to an activating group) is 1. The summed E-state index contributed by atoms with van der Waals surface area (Å²) in [6, 6.07) is 14.1. The molecule has 3 aromatic rings. The van der Waals surface area contributed by atoms with Crippen LogP contribution < -0.4 is 10.6 Å². The maximum Gasteiger partial charge on any atom is 0.0745 e. The van der Waals surface area contributed by atoms with E-state index in [4.69, 9.17) is 5.73 Å². The lowest BCUT2D eigenvalue weighted by Crippen LogP contribution is -2.22. The van der Waals surface area contributed by atoms with E-state index in [0.29, 0.717) is 5.69 Å². The molecule has 0 aliphatic heterocycles. The zero-order valence-corrected chi connectivity index (χ0v) is 12.0. The summed E-state index contributed by atoms with van der Waals surface area (Å²) in [6.45, 7) is 0.856. The molecule has 0 spiro atoms. The molecule has 1 aromatic carbocycles. The van der Waals surface area contributed by atoms with Crippen molar-refractivity contribution in [3.63, 3.8) is 0 Å². The minimum absolute atomic E-state index is 0.706. The van der Waals surface area contributed by atoms with Gasteiger partial charge in [0, 0.05) is 37.3 Å². The molecule has 21 heavy (non-hydrogen) atoms. The quantitative estimate of drug-likeness (QED) is 0.797. The zero-order valence-electron chi connectivity index (χ0n) is 12.0. The van der Waals surface area contributed by atoms with E-state index >= 15 is 0 Å². The van der Waals surface area contributed by atoms with Gasteiger partial charge in [0.25, 0.3) is 0 Å². The van der Waals surface area contributed by atoms with Crippen LogP contribution in [-0.4, -0.2) is 23.6 Å². The van der Waals surface area contributed by atoms with Gasteiger partial charge in [-0.25, -0.2) is 0 Å². The van der Waals surface area contributed by atoms with Crippen LogP contribution in [-0.2, 0) is 6.42 Å². The van der Waals surface area contributed by atoms with Gasteiger partial charge in [-0.1, -0.05) is 24.3 Å². The smallest absolute Gasteiger partial charge is 0.0745 e. The van der Waals surface area contributed by atoms with Crippen molar-refractivity contribution >= 4 is 22.3 Å². The second-order valence-electron chi connectivity index (χ2n) is 5.07. The van der Waals surface area contributed by atoms with E-state index in [9.17, 15) is 0 Å². The molecule has 106 valence electrons. The van der Waals surface area contributed by atoms with Gasteiger partial charge in [0.1, 0.15) is 0 Å². The first-order chi connectivity index (χ1) is 10.3. The highest BCUT2D eigenvalue weighted by Crippen LogP contribution is 2.30. The Labute approximate surface area is 124 Å². The summed E-state index contributed by atoms with van der Waals surface area (Å²) in [6.07, 6.45) is 4.44. The molecular formula is C17H18N4. The van der Waals surface area contributed by atoms with Crippen molar-refractivity contribution in [1.29, 1.82) is 0 Å². The van der Waals surface area contributed by atoms with Gasteiger partial charge < -0.3 is 10.6 Å². The Bertz CT molecular complexity index is 740. The molecule has 0 unspecified atom stereocenters. The second-order valence-corrected chi connectivity index (χ2v) is 5.07. The predicted molar refractivity (Wildman–Crippen MR) is 87.4 cm³/mol. The van der Waals surface area contributed by atoms with Gasteiger partial charge in [0.05, 0.1) is 23.1 Å². The van der Waals surface area contributed by atoms with Gasteiger partial charge >= 0.3 is 0 Å². The fourth-order valence-corrected chi connectivity index (χ4v) is 2.51. The molecule has 2 N–H and O–H groups in total. The summed E-state index contributed by atoms with van der Waals surface area (Å²) in [4.78, 5) is 10.9. The first-order valence-electron chi connectivity index (χ1n) is 7.00. The molecule has 0 fully saturated rings. The number of pyridine rings is 2. The summed E-state index contributed by atoms with van der Waals surface area (Å²) in [5.74, 6) is 0. The SMILES string of the molecule is CN(CCc1ccccn1)c1c(N)cnc2ccccc12. The van der Waals surface area contributed by atoms with Crippen LogP contribution in [0.2, 0.25) is 0 Å². The van der Waals surface area contributed by atoms with Crippen molar-refractivity contribution in [2.24, 2.45) is 0 Å². The topological polar surface area (TPSA) is 55.0 Å². The van der Waals surface area contributed by atoms with Gasteiger partial charge in [-0.15, -0.1) is 0 Å². The van der Waals surface area contributed by atoms with E-state index in [-0.39, 0.29) is 0 Å². The summed E-state index contributed by atoms with van der Waals surface area (Å²) in [7, 11) is 2.06. The van der Waals surface area contributed by atoms with Gasteiger partial charge in [-0.2, -0.15) is 0 Å². The summed E-state index contributed by atoms with van der Waals surface area (Å²) >= 11 is 0. The standard InChI is InChI=1S/C17H18N4/c1-21(11-9-13-6-4-5-10-19-13)17-14-7-2-3-8-16(14)20-12-15(17)18/h2-8,10,12H,9,11,18H2,1H3. The number of nitrogens with zero attached hydrogens (tertiary/aromatic N) is 3. The predicted octanol–water partition coefficient (Wildman–Crippen LogP) is 2.89. The molecular weight excluding hydrogens is 260 g/mol. The molecule has 2 heterocycles. The Morgan fingerprint density at radius 2 is 1.86 bits per heavy atom. The molecule has 0 aliphatic rings. The van der Waals surface area contributed by atoms with Crippen molar-refractivity contribution in [2.45, 2.75) is 6.42 Å². The molecule has 0 atom stereocenters. The van der Waals surface area contributed by atoms with Crippen LogP contribution in [0.25, 0.3) is 10.9 Å². The van der Waals surface area contributed by atoms with E-state index in [0.717, 1.165) is 35.2 Å². The number of anilines is 2. The number of fused-ring (bicyclic) bond motifs is 1. The third-order valence-corrected chi connectivity index (χ3v) is 3.59. The molecule has 4 nitrogen and oxygen atoms in total. The molecule has 0 bridgehead atoms. The van der Waals surface area contributed by atoms with Crippen LogP contribution in [0.5, 0.6) is 0 Å².